The van der Waals surface area contributed by atoms with E-state index >= 15 is 0 Å². The second-order valence-electron chi connectivity index (χ2n) is 6.42. The molecule has 6 nitrogen and oxygen atoms in total. The number of carbonyl (C=O) groups is 4. The smallest absolute Gasteiger partial charge is 0.251 e. The number of aryl methyl sites for hydroxylation is 1. The van der Waals surface area contributed by atoms with Crippen molar-refractivity contribution in [2.24, 2.45) is 0 Å². The standard InChI is InChI=1S/C21H24N2O4S/c1-14-3-11-19(28-14)18(25)10-8-17(24)9-12-20(26)23-13-15-4-6-16(7-5-15)21(27)22-2/h3-7,11H,8-10,12-13H2,1-2H3,(H,22,27)(H,23,26). The van der Waals surface area contributed by atoms with Crippen LogP contribution in [-0.2, 0) is 16.1 Å². The molecule has 0 aliphatic rings. The van der Waals surface area contributed by atoms with Crippen molar-refractivity contribution in [3.05, 3.63) is 57.3 Å². The first-order valence-corrected chi connectivity index (χ1v) is 9.89. The predicted molar refractivity (Wildman–Crippen MR) is 109 cm³/mol. The van der Waals surface area contributed by atoms with Gasteiger partial charge in [-0.15, -0.1) is 11.3 Å². The molecule has 1 heterocycles. The summed E-state index contributed by atoms with van der Waals surface area (Å²) in [6.45, 7) is 2.26. The molecule has 0 radical (unpaired) electrons. The zero-order chi connectivity index (χ0) is 20.5. The van der Waals surface area contributed by atoms with Gasteiger partial charge in [0, 0.05) is 49.7 Å². The molecule has 0 atom stereocenters. The molecule has 2 N–H and O–H groups in total. The van der Waals surface area contributed by atoms with Crippen LogP contribution in [0, 0.1) is 6.92 Å². The lowest BCUT2D eigenvalue weighted by Crippen LogP contribution is -2.23. The maximum atomic E-state index is 12.0. The summed E-state index contributed by atoms with van der Waals surface area (Å²) in [6, 6.07) is 10.6. The van der Waals surface area contributed by atoms with E-state index in [1.807, 2.05) is 13.0 Å². The zero-order valence-corrected chi connectivity index (χ0v) is 16.9. The molecule has 0 bridgehead atoms. The van der Waals surface area contributed by atoms with Gasteiger partial charge in [-0.05, 0) is 36.8 Å². The molecule has 7 heteroatoms. The van der Waals surface area contributed by atoms with E-state index in [-0.39, 0.29) is 49.1 Å². The monoisotopic (exact) mass is 400 g/mol. The first-order valence-electron chi connectivity index (χ1n) is 9.08. The second kappa shape index (κ2) is 10.5. The van der Waals surface area contributed by atoms with Crippen molar-refractivity contribution in [2.45, 2.75) is 39.2 Å². The maximum Gasteiger partial charge on any atom is 0.251 e. The summed E-state index contributed by atoms with van der Waals surface area (Å²) in [4.78, 5) is 49.1. The molecule has 2 aromatic rings. The Balaban J connectivity index is 1.66. The predicted octanol–water partition coefficient (Wildman–Crippen LogP) is 3.04. The fourth-order valence-electron chi connectivity index (χ4n) is 2.55. The molecular weight excluding hydrogens is 376 g/mol. The normalized spacial score (nSPS) is 10.4. The molecule has 0 unspecified atom stereocenters. The zero-order valence-electron chi connectivity index (χ0n) is 16.0. The number of nitrogens with one attached hydrogen (secondary N) is 2. The van der Waals surface area contributed by atoms with Crippen LogP contribution in [0.25, 0.3) is 0 Å². The van der Waals surface area contributed by atoms with Gasteiger partial charge in [0.1, 0.15) is 5.78 Å². The minimum atomic E-state index is -0.219. The minimum Gasteiger partial charge on any atom is -0.355 e. The summed E-state index contributed by atoms with van der Waals surface area (Å²) < 4.78 is 0. The largest absolute Gasteiger partial charge is 0.355 e. The number of hydrogen-bond acceptors (Lipinski definition) is 5. The highest BCUT2D eigenvalue weighted by Gasteiger charge is 2.12. The van der Waals surface area contributed by atoms with E-state index in [2.05, 4.69) is 10.6 Å². The molecule has 0 spiro atoms. The van der Waals surface area contributed by atoms with Crippen LogP contribution in [0.2, 0.25) is 0 Å². The molecule has 0 saturated heterocycles. The van der Waals surface area contributed by atoms with Crippen LogP contribution < -0.4 is 10.6 Å². The molecule has 148 valence electrons. The van der Waals surface area contributed by atoms with Gasteiger partial charge in [-0.2, -0.15) is 0 Å². The van der Waals surface area contributed by atoms with Gasteiger partial charge in [-0.1, -0.05) is 12.1 Å². The van der Waals surface area contributed by atoms with E-state index in [9.17, 15) is 19.2 Å². The number of amides is 2. The van der Waals surface area contributed by atoms with Crippen molar-refractivity contribution in [3.8, 4) is 0 Å². The number of thiophene rings is 1. The van der Waals surface area contributed by atoms with E-state index in [0.717, 1.165) is 10.4 Å². The Morgan fingerprint density at radius 3 is 2.18 bits per heavy atom. The van der Waals surface area contributed by atoms with E-state index in [4.69, 9.17) is 0 Å². The van der Waals surface area contributed by atoms with Crippen LogP contribution in [0.15, 0.2) is 36.4 Å². The Kier molecular flexibility index (Phi) is 8.07. The highest BCUT2D eigenvalue weighted by Crippen LogP contribution is 2.17. The Bertz CT molecular complexity index is 856. The van der Waals surface area contributed by atoms with Crippen molar-refractivity contribution >= 4 is 34.7 Å². The minimum absolute atomic E-state index is 0.0314. The molecule has 28 heavy (non-hydrogen) atoms. The number of carbonyl (C=O) groups excluding carboxylic acids is 4. The quantitative estimate of drug-likeness (QED) is 0.600. The molecule has 0 aliphatic carbocycles. The van der Waals surface area contributed by atoms with Gasteiger partial charge in [0.05, 0.1) is 4.88 Å². The number of rotatable bonds is 10. The van der Waals surface area contributed by atoms with Crippen LogP contribution in [0.3, 0.4) is 0 Å². The SMILES string of the molecule is CNC(=O)c1ccc(CNC(=O)CCC(=O)CCC(=O)c2ccc(C)s2)cc1. The van der Waals surface area contributed by atoms with Gasteiger partial charge in [0.25, 0.3) is 5.91 Å². The average molecular weight is 401 g/mol. The number of benzene rings is 1. The van der Waals surface area contributed by atoms with Crippen LogP contribution in [-0.4, -0.2) is 30.4 Å². The summed E-state index contributed by atoms with van der Waals surface area (Å²) in [6.07, 6.45) is 0.557. The summed E-state index contributed by atoms with van der Waals surface area (Å²) >= 11 is 1.43. The summed E-state index contributed by atoms with van der Waals surface area (Å²) in [5, 5.41) is 5.30. The third-order valence-corrected chi connectivity index (χ3v) is 5.25. The molecule has 1 aromatic heterocycles. The Morgan fingerprint density at radius 2 is 1.57 bits per heavy atom. The topological polar surface area (TPSA) is 92.3 Å². The molecule has 2 amide bonds. The fourth-order valence-corrected chi connectivity index (χ4v) is 3.38. The van der Waals surface area contributed by atoms with Crippen LogP contribution >= 0.6 is 11.3 Å². The molecule has 2 rings (SSSR count). The number of hydrogen-bond donors (Lipinski definition) is 2. The molecular formula is C21H24N2O4S. The lowest BCUT2D eigenvalue weighted by atomic mass is 10.1. The van der Waals surface area contributed by atoms with Crippen molar-refractivity contribution in [1.29, 1.82) is 0 Å². The highest BCUT2D eigenvalue weighted by molar-refractivity contribution is 7.14. The number of ketones is 2. The molecule has 0 saturated carbocycles. The fraction of sp³-hybridized carbons (Fsp3) is 0.333. The van der Waals surface area contributed by atoms with Crippen molar-refractivity contribution < 1.29 is 19.2 Å². The first kappa shape index (κ1) is 21.5. The van der Waals surface area contributed by atoms with E-state index in [1.54, 1.807) is 37.4 Å². The molecule has 0 fully saturated rings. The lowest BCUT2D eigenvalue weighted by molar-refractivity contribution is -0.125. The van der Waals surface area contributed by atoms with E-state index in [0.29, 0.717) is 17.0 Å². The van der Waals surface area contributed by atoms with Crippen LogP contribution in [0.4, 0.5) is 0 Å². The van der Waals surface area contributed by atoms with Crippen LogP contribution in [0.1, 0.15) is 56.2 Å². The van der Waals surface area contributed by atoms with Crippen molar-refractivity contribution in [1.82, 2.24) is 10.6 Å². The van der Waals surface area contributed by atoms with Gasteiger partial charge >= 0.3 is 0 Å². The Labute approximate surface area is 168 Å². The maximum absolute atomic E-state index is 12.0. The van der Waals surface area contributed by atoms with Crippen molar-refractivity contribution in [2.75, 3.05) is 7.05 Å². The third-order valence-electron chi connectivity index (χ3n) is 4.21. The number of Topliss-reactive ketones (excluding diaryl/α,β-unsaturated/α-hetero) is 2. The summed E-state index contributed by atoms with van der Waals surface area (Å²) in [7, 11) is 1.57. The first-order chi connectivity index (χ1) is 13.4. The van der Waals surface area contributed by atoms with Gasteiger partial charge in [-0.25, -0.2) is 0 Å². The van der Waals surface area contributed by atoms with Gasteiger partial charge < -0.3 is 10.6 Å². The van der Waals surface area contributed by atoms with Gasteiger partial charge in [0.15, 0.2) is 5.78 Å². The van der Waals surface area contributed by atoms with Crippen molar-refractivity contribution in [3.63, 3.8) is 0 Å². The molecule has 0 aliphatic heterocycles. The third kappa shape index (κ3) is 6.74. The second-order valence-corrected chi connectivity index (χ2v) is 7.71. The van der Waals surface area contributed by atoms with Crippen LogP contribution in [0.5, 0.6) is 0 Å². The van der Waals surface area contributed by atoms with E-state index < -0.39 is 0 Å². The van der Waals surface area contributed by atoms with Gasteiger partial charge in [0.2, 0.25) is 5.91 Å². The Hall–Kier alpha value is -2.80. The average Bonchev–Trinajstić information content (AvgIpc) is 3.15. The summed E-state index contributed by atoms with van der Waals surface area (Å²) in [5.74, 6) is -0.506. The lowest BCUT2D eigenvalue weighted by Gasteiger charge is -2.06. The molecule has 1 aromatic carbocycles. The van der Waals surface area contributed by atoms with E-state index in [1.165, 1.54) is 11.3 Å². The highest BCUT2D eigenvalue weighted by atomic mass is 32.1. The Morgan fingerprint density at radius 1 is 0.893 bits per heavy atom. The summed E-state index contributed by atoms with van der Waals surface area (Å²) in [5.41, 5.74) is 1.42. The van der Waals surface area contributed by atoms with Gasteiger partial charge in [-0.3, -0.25) is 19.2 Å².